The smallest absolute Gasteiger partial charge is 0.262 e. The summed E-state index contributed by atoms with van der Waals surface area (Å²) in [4.78, 5) is 32.1. The molecule has 0 unspecified atom stereocenters. The first-order valence-electron chi connectivity index (χ1n) is 9.48. The molecule has 5 nitrogen and oxygen atoms in total. The number of hydrogen-bond donors (Lipinski definition) is 0. The lowest BCUT2D eigenvalue weighted by molar-refractivity contribution is -0.129. The zero-order valence-corrected chi connectivity index (χ0v) is 17.6. The fraction of sp³-hybridized carbons (Fsp3) is 0.550. The summed E-state index contributed by atoms with van der Waals surface area (Å²) in [5.41, 5.74) is 0.474. The molecule has 146 valence electrons. The SMILES string of the molecule is CC(C)n1c(SCC(=O)N(C)C2CCCCC2)nc2cc(Cl)ccc2c1=O. The van der Waals surface area contributed by atoms with E-state index in [1.165, 1.54) is 31.0 Å². The van der Waals surface area contributed by atoms with Crippen molar-refractivity contribution in [1.29, 1.82) is 0 Å². The van der Waals surface area contributed by atoms with Crippen LogP contribution in [0.4, 0.5) is 0 Å². The minimum Gasteiger partial charge on any atom is -0.342 e. The Morgan fingerprint density at radius 3 is 2.70 bits per heavy atom. The molecule has 0 atom stereocenters. The lowest BCUT2D eigenvalue weighted by Gasteiger charge is -2.31. The second kappa shape index (κ2) is 8.65. The second-order valence-corrected chi connectivity index (χ2v) is 8.79. The van der Waals surface area contributed by atoms with Gasteiger partial charge in [-0.3, -0.25) is 14.2 Å². The van der Waals surface area contributed by atoms with Gasteiger partial charge in [0, 0.05) is 24.2 Å². The molecule has 1 saturated carbocycles. The highest BCUT2D eigenvalue weighted by Gasteiger charge is 2.23. The second-order valence-electron chi connectivity index (χ2n) is 7.41. The van der Waals surface area contributed by atoms with Gasteiger partial charge < -0.3 is 4.90 Å². The maximum absolute atomic E-state index is 12.9. The van der Waals surface area contributed by atoms with Gasteiger partial charge >= 0.3 is 0 Å². The summed E-state index contributed by atoms with van der Waals surface area (Å²) in [6.07, 6.45) is 5.80. The van der Waals surface area contributed by atoms with Crippen LogP contribution in [0.3, 0.4) is 0 Å². The zero-order valence-electron chi connectivity index (χ0n) is 16.1. The lowest BCUT2D eigenvalue weighted by atomic mass is 9.94. The standard InChI is InChI=1S/C20H26ClN3O2S/c1-13(2)24-19(26)16-10-9-14(21)11-17(16)22-20(24)27-12-18(25)23(3)15-7-5-4-6-8-15/h9-11,13,15H,4-8,12H2,1-3H3. The number of amides is 1. The number of carbonyl (C=O) groups excluding carboxylic acids is 1. The summed E-state index contributed by atoms with van der Waals surface area (Å²) in [5, 5.41) is 1.65. The van der Waals surface area contributed by atoms with Crippen LogP contribution in [-0.2, 0) is 4.79 Å². The van der Waals surface area contributed by atoms with Gasteiger partial charge in [-0.05, 0) is 44.9 Å². The Morgan fingerprint density at radius 2 is 2.04 bits per heavy atom. The number of thioether (sulfide) groups is 1. The molecule has 1 amide bonds. The minimum absolute atomic E-state index is 0.0428. The van der Waals surface area contributed by atoms with Crippen LogP contribution < -0.4 is 5.56 Å². The van der Waals surface area contributed by atoms with E-state index in [0.29, 0.717) is 27.1 Å². The summed E-state index contributed by atoms with van der Waals surface area (Å²) in [5.74, 6) is 0.362. The minimum atomic E-state index is -0.0951. The number of aromatic nitrogens is 2. The number of fused-ring (bicyclic) bond motifs is 1. The highest BCUT2D eigenvalue weighted by molar-refractivity contribution is 7.99. The van der Waals surface area contributed by atoms with Gasteiger partial charge in [0.25, 0.3) is 5.56 Å². The Bertz CT molecular complexity index is 891. The van der Waals surface area contributed by atoms with Crippen molar-refractivity contribution < 1.29 is 4.79 Å². The normalized spacial score (nSPS) is 15.4. The van der Waals surface area contributed by atoms with E-state index in [1.807, 2.05) is 25.8 Å². The van der Waals surface area contributed by atoms with Crippen molar-refractivity contribution in [3.8, 4) is 0 Å². The Morgan fingerprint density at radius 1 is 1.33 bits per heavy atom. The van der Waals surface area contributed by atoms with Gasteiger partial charge in [-0.25, -0.2) is 4.98 Å². The van der Waals surface area contributed by atoms with Crippen LogP contribution in [0, 0.1) is 0 Å². The molecule has 1 aromatic heterocycles. The third-order valence-electron chi connectivity index (χ3n) is 5.19. The van der Waals surface area contributed by atoms with E-state index in [1.54, 1.807) is 22.8 Å². The molecule has 0 bridgehead atoms. The number of nitrogens with zero attached hydrogens (tertiary/aromatic N) is 3. The predicted octanol–water partition coefficient (Wildman–Crippen LogP) is 4.51. The molecule has 1 aromatic carbocycles. The predicted molar refractivity (Wildman–Crippen MR) is 112 cm³/mol. The largest absolute Gasteiger partial charge is 0.342 e. The molecule has 27 heavy (non-hydrogen) atoms. The zero-order chi connectivity index (χ0) is 19.6. The molecule has 0 N–H and O–H groups in total. The number of carbonyl (C=O) groups is 1. The summed E-state index contributed by atoms with van der Waals surface area (Å²) in [7, 11) is 1.89. The van der Waals surface area contributed by atoms with Crippen LogP contribution in [0.15, 0.2) is 28.2 Å². The fourth-order valence-electron chi connectivity index (χ4n) is 3.61. The Labute approximate surface area is 169 Å². The molecule has 7 heteroatoms. The van der Waals surface area contributed by atoms with Gasteiger partial charge in [0.1, 0.15) is 0 Å². The van der Waals surface area contributed by atoms with Gasteiger partial charge in [-0.1, -0.05) is 42.6 Å². The molecule has 0 radical (unpaired) electrons. The number of benzene rings is 1. The van der Waals surface area contributed by atoms with E-state index in [9.17, 15) is 9.59 Å². The summed E-state index contributed by atoms with van der Waals surface area (Å²) in [6, 6.07) is 5.40. The average Bonchev–Trinajstić information content (AvgIpc) is 2.65. The molecule has 3 rings (SSSR count). The van der Waals surface area contributed by atoms with E-state index in [2.05, 4.69) is 4.98 Å². The third-order valence-corrected chi connectivity index (χ3v) is 6.36. The molecule has 1 aliphatic carbocycles. The molecule has 0 saturated heterocycles. The maximum atomic E-state index is 12.9. The molecule has 1 heterocycles. The van der Waals surface area contributed by atoms with Crippen molar-refractivity contribution >= 4 is 40.2 Å². The van der Waals surface area contributed by atoms with Crippen LogP contribution in [0.1, 0.15) is 52.0 Å². The average molecular weight is 408 g/mol. The quantitative estimate of drug-likeness (QED) is 0.540. The first-order valence-corrected chi connectivity index (χ1v) is 10.8. The molecule has 2 aromatic rings. The number of rotatable bonds is 5. The van der Waals surface area contributed by atoms with Gasteiger partial charge in [0.2, 0.25) is 5.91 Å². The highest BCUT2D eigenvalue weighted by Crippen LogP contribution is 2.25. The van der Waals surface area contributed by atoms with Crippen molar-refractivity contribution in [3.63, 3.8) is 0 Å². The van der Waals surface area contributed by atoms with Crippen LogP contribution in [-0.4, -0.2) is 39.2 Å². The van der Waals surface area contributed by atoms with Crippen LogP contribution in [0.5, 0.6) is 0 Å². The highest BCUT2D eigenvalue weighted by atomic mass is 35.5. The monoisotopic (exact) mass is 407 g/mol. The van der Waals surface area contributed by atoms with E-state index in [-0.39, 0.29) is 23.3 Å². The molecule has 1 aliphatic rings. The third kappa shape index (κ3) is 4.49. The summed E-state index contributed by atoms with van der Waals surface area (Å²) < 4.78 is 1.66. The van der Waals surface area contributed by atoms with Crippen LogP contribution in [0.2, 0.25) is 5.02 Å². The summed E-state index contributed by atoms with van der Waals surface area (Å²) in [6.45, 7) is 3.90. The van der Waals surface area contributed by atoms with Crippen LogP contribution >= 0.6 is 23.4 Å². The molecular formula is C20H26ClN3O2S. The van der Waals surface area contributed by atoms with Gasteiger partial charge in [0.15, 0.2) is 5.16 Å². The number of hydrogen-bond acceptors (Lipinski definition) is 4. The molecular weight excluding hydrogens is 382 g/mol. The Balaban J connectivity index is 1.84. The van der Waals surface area contributed by atoms with Gasteiger partial charge in [-0.15, -0.1) is 0 Å². The maximum Gasteiger partial charge on any atom is 0.262 e. The Hall–Kier alpha value is -1.53. The lowest BCUT2D eigenvalue weighted by Crippen LogP contribution is -2.39. The molecule has 0 spiro atoms. The van der Waals surface area contributed by atoms with E-state index >= 15 is 0 Å². The van der Waals surface area contributed by atoms with Crippen molar-refractivity contribution in [3.05, 3.63) is 33.6 Å². The number of halogens is 1. The van der Waals surface area contributed by atoms with Crippen LogP contribution in [0.25, 0.3) is 10.9 Å². The summed E-state index contributed by atoms with van der Waals surface area (Å²) >= 11 is 7.39. The van der Waals surface area contributed by atoms with Crippen molar-refractivity contribution in [2.75, 3.05) is 12.8 Å². The van der Waals surface area contributed by atoms with Gasteiger partial charge in [-0.2, -0.15) is 0 Å². The Kier molecular flexibility index (Phi) is 6.48. The van der Waals surface area contributed by atoms with E-state index in [0.717, 1.165) is 12.8 Å². The molecule has 1 fully saturated rings. The molecule has 0 aliphatic heterocycles. The first-order chi connectivity index (χ1) is 12.9. The van der Waals surface area contributed by atoms with Crippen molar-refractivity contribution in [2.45, 2.75) is 63.2 Å². The van der Waals surface area contributed by atoms with Gasteiger partial charge in [0.05, 0.1) is 16.7 Å². The topological polar surface area (TPSA) is 55.2 Å². The van der Waals surface area contributed by atoms with Crippen molar-refractivity contribution in [1.82, 2.24) is 14.5 Å². The first kappa shape index (κ1) is 20.2. The fourth-order valence-corrected chi connectivity index (χ4v) is 4.83. The van der Waals surface area contributed by atoms with E-state index < -0.39 is 0 Å². The van der Waals surface area contributed by atoms with Crippen molar-refractivity contribution in [2.24, 2.45) is 0 Å². The van der Waals surface area contributed by atoms with E-state index in [4.69, 9.17) is 11.6 Å².